The third-order valence-electron chi connectivity index (χ3n) is 1.65. The molecule has 0 atom stereocenters. The van der Waals surface area contributed by atoms with E-state index in [1.54, 1.807) is 0 Å². The molecule has 0 saturated carbocycles. The average Bonchev–Trinajstić information content (AvgIpc) is 2.21. The Morgan fingerprint density at radius 1 is 1.15 bits per heavy atom. The fourth-order valence-corrected chi connectivity index (χ4v) is 0.845. The van der Waals surface area contributed by atoms with Crippen molar-refractivity contribution in [2.45, 2.75) is 47.0 Å². The Hall–Kier alpha value is -0.920. The van der Waals surface area contributed by atoms with Crippen LogP contribution in [-0.2, 0) is 6.42 Å². The first-order valence-electron chi connectivity index (χ1n) is 5.04. The van der Waals surface area contributed by atoms with Gasteiger partial charge >= 0.3 is 0 Å². The Labute approximate surface area is 81.4 Å². The Morgan fingerprint density at radius 3 is 1.92 bits per heavy atom. The number of hydrogen-bond donors (Lipinski definition) is 0. The Bertz CT molecular complexity index is 214. The minimum absolute atomic E-state index is 0.431. The second-order valence-electron chi connectivity index (χ2n) is 2.96. The number of hydrogen-bond acceptors (Lipinski definition) is 2. The fourth-order valence-electron chi connectivity index (χ4n) is 0.845. The molecule has 1 aromatic rings. The molecule has 0 aromatic carbocycles. The first-order valence-corrected chi connectivity index (χ1v) is 5.04. The maximum Gasteiger partial charge on any atom is 0.130 e. The zero-order valence-electron chi connectivity index (χ0n) is 9.33. The molecule has 1 heterocycles. The molecule has 0 aliphatic heterocycles. The molecule has 0 radical (unpaired) electrons. The van der Waals surface area contributed by atoms with E-state index in [9.17, 15) is 0 Å². The van der Waals surface area contributed by atoms with Crippen molar-refractivity contribution in [2.75, 3.05) is 0 Å². The van der Waals surface area contributed by atoms with Crippen LogP contribution in [0.2, 0.25) is 0 Å². The molecule has 13 heavy (non-hydrogen) atoms. The molecule has 0 saturated heterocycles. The molecule has 0 spiro atoms. The van der Waals surface area contributed by atoms with E-state index in [0.717, 1.165) is 12.2 Å². The van der Waals surface area contributed by atoms with Crippen LogP contribution < -0.4 is 0 Å². The zero-order chi connectivity index (χ0) is 10.3. The van der Waals surface area contributed by atoms with Gasteiger partial charge in [-0.25, -0.2) is 9.97 Å². The smallest absolute Gasteiger partial charge is 0.130 e. The highest BCUT2D eigenvalue weighted by Crippen LogP contribution is 2.07. The lowest BCUT2D eigenvalue weighted by atomic mass is 10.2. The van der Waals surface area contributed by atoms with Crippen LogP contribution in [0.25, 0.3) is 0 Å². The van der Waals surface area contributed by atoms with E-state index in [-0.39, 0.29) is 0 Å². The molecule has 0 unspecified atom stereocenters. The number of aromatic nitrogens is 2. The topological polar surface area (TPSA) is 25.8 Å². The van der Waals surface area contributed by atoms with Gasteiger partial charge in [-0.15, -0.1) is 0 Å². The van der Waals surface area contributed by atoms with Gasteiger partial charge < -0.3 is 0 Å². The highest BCUT2D eigenvalue weighted by atomic mass is 14.9. The van der Waals surface area contributed by atoms with Crippen LogP contribution >= 0.6 is 0 Å². The van der Waals surface area contributed by atoms with E-state index in [0.29, 0.717) is 5.92 Å². The lowest BCUT2D eigenvalue weighted by molar-refractivity contribution is 0.768. The molecule has 2 heteroatoms. The summed E-state index contributed by atoms with van der Waals surface area (Å²) < 4.78 is 0. The van der Waals surface area contributed by atoms with Crippen LogP contribution in [0.3, 0.4) is 0 Å². The molecule has 0 aliphatic carbocycles. The number of nitrogens with zero attached hydrogens (tertiary/aromatic N) is 2. The molecule has 0 N–H and O–H groups in total. The second kappa shape index (κ2) is 6.58. The fraction of sp³-hybridized carbons (Fsp3) is 0.636. The molecule has 0 amide bonds. The maximum atomic E-state index is 4.24. The summed E-state index contributed by atoms with van der Waals surface area (Å²) in [5.41, 5.74) is 1.20. The third kappa shape index (κ3) is 4.02. The van der Waals surface area contributed by atoms with E-state index in [1.807, 2.05) is 26.2 Å². The summed E-state index contributed by atoms with van der Waals surface area (Å²) in [6.45, 7) is 10.3. The van der Waals surface area contributed by atoms with Crippen LogP contribution in [0.1, 0.15) is 51.9 Å². The summed E-state index contributed by atoms with van der Waals surface area (Å²) in [5.74, 6) is 1.36. The van der Waals surface area contributed by atoms with E-state index in [4.69, 9.17) is 0 Å². The highest BCUT2D eigenvalue weighted by molar-refractivity contribution is 5.05. The van der Waals surface area contributed by atoms with Gasteiger partial charge in [0.15, 0.2) is 0 Å². The van der Waals surface area contributed by atoms with Crippen molar-refractivity contribution in [1.82, 2.24) is 9.97 Å². The quantitative estimate of drug-likeness (QED) is 0.698. The number of aryl methyl sites for hydroxylation is 1. The number of rotatable bonds is 2. The van der Waals surface area contributed by atoms with Gasteiger partial charge in [-0.2, -0.15) is 0 Å². The van der Waals surface area contributed by atoms with Crippen LogP contribution in [-0.4, -0.2) is 9.97 Å². The van der Waals surface area contributed by atoms with Gasteiger partial charge in [0, 0.05) is 18.3 Å². The van der Waals surface area contributed by atoms with Gasteiger partial charge in [0.05, 0.1) is 0 Å². The lowest BCUT2D eigenvalue weighted by Crippen LogP contribution is -1.97. The van der Waals surface area contributed by atoms with Gasteiger partial charge in [0.1, 0.15) is 5.82 Å². The Kier molecular flexibility index (Phi) is 6.11. The summed E-state index contributed by atoms with van der Waals surface area (Å²) in [6, 6.07) is 0. The predicted molar refractivity (Wildman–Crippen MR) is 56.8 cm³/mol. The lowest BCUT2D eigenvalue weighted by Gasteiger charge is -2.02. The van der Waals surface area contributed by atoms with Gasteiger partial charge in [0.2, 0.25) is 0 Å². The molecule has 0 aliphatic rings. The van der Waals surface area contributed by atoms with Crippen LogP contribution in [0, 0.1) is 0 Å². The molecule has 0 fully saturated rings. The predicted octanol–water partition coefficient (Wildman–Crippen LogP) is 3.19. The molecular weight excluding hydrogens is 160 g/mol. The second-order valence-corrected chi connectivity index (χ2v) is 2.96. The summed E-state index contributed by atoms with van der Waals surface area (Å²) in [7, 11) is 0. The van der Waals surface area contributed by atoms with Crippen molar-refractivity contribution in [3.63, 3.8) is 0 Å². The molecule has 0 bridgehead atoms. The monoisotopic (exact) mass is 180 g/mol. The summed E-state index contributed by atoms with van der Waals surface area (Å²) >= 11 is 0. The van der Waals surface area contributed by atoms with E-state index < -0.39 is 0 Å². The van der Waals surface area contributed by atoms with Crippen molar-refractivity contribution in [3.8, 4) is 0 Å². The van der Waals surface area contributed by atoms with Crippen molar-refractivity contribution >= 4 is 0 Å². The van der Waals surface area contributed by atoms with Crippen molar-refractivity contribution in [2.24, 2.45) is 0 Å². The average molecular weight is 180 g/mol. The van der Waals surface area contributed by atoms with E-state index in [1.165, 1.54) is 5.56 Å². The van der Waals surface area contributed by atoms with Crippen LogP contribution in [0.5, 0.6) is 0 Å². The molecule has 2 nitrogen and oxygen atoms in total. The largest absolute Gasteiger partial charge is 0.241 e. The van der Waals surface area contributed by atoms with Crippen molar-refractivity contribution in [1.29, 1.82) is 0 Å². The summed E-state index contributed by atoms with van der Waals surface area (Å²) in [5, 5.41) is 0. The molecule has 1 rings (SSSR count). The van der Waals surface area contributed by atoms with Crippen LogP contribution in [0.15, 0.2) is 12.4 Å². The van der Waals surface area contributed by atoms with Crippen molar-refractivity contribution < 1.29 is 0 Å². The highest BCUT2D eigenvalue weighted by Gasteiger charge is 2.00. The van der Waals surface area contributed by atoms with Gasteiger partial charge in [-0.1, -0.05) is 34.6 Å². The Morgan fingerprint density at radius 2 is 1.62 bits per heavy atom. The zero-order valence-corrected chi connectivity index (χ0v) is 9.33. The maximum absolute atomic E-state index is 4.24. The SMILES string of the molecule is CC.CCc1cnc(C(C)C)nc1. The third-order valence-corrected chi connectivity index (χ3v) is 1.65. The van der Waals surface area contributed by atoms with Gasteiger partial charge in [0.25, 0.3) is 0 Å². The molecule has 74 valence electrons. The van der Waals surface area contributed by atoms with Crippen molar-refractivity contribution in [3.05, 3.63) is 23.8 Å². The normalized spacial score (nSPS) is 9.38. The van der Waals surface area contributed by atoms with E-state index in [2.05, 4.69) is 30.7 Å². The van der Waals surface area contributed by atoms with Gasteiger partial charge in [-0.3, -0.25) is 0 Å². The summed E-state index contributed by atoms with van der Waals surface area (Å²) in [6.07, 6.45) is 4.82. The minimum atomic E-state index is 0.431. The minimum Gasteiger partial charge on any atom is -0.241 e. The first kappa shape index (κ1) is 12.1. The first-order chi connectivity index (χ1) is 6.24. The van der Waals surface area contributed by atoms with Crippen LogP contribution in [0.4, 0.5) is 0 Å². The summed E-state index contributed by atoms with van der Waals surface area (Å²) in [4.78, 5) is 8.48. The molecule has 1 aromatic heterocycles. The standard InChI is InChI=1S/C9H14N2.C2H6/c1-4-8-5-10-9(7(2)3)11-6-8;1-2/h5-7H,4H2,1-3H3;1-2H3. The van der Waals surface area contributed by atoms with E-state index >= 15 is 0 Å². The van der Waals surface area contributed by atoms with Gasteiger partial charge in [-0.05, 0) is 12.0 Å². The molecular formula is C11H20N2. The Balaban J connectivity index is 0.000000671.